The molecule has 5 nitrogen and oxygen atoms in total. The van der Waals surface area contributed by atoms with Gasteiger partial charge in [0.15, 0.2) is 0 Å². The SMILES string of the molecule is NS(=O)(=O)CCOC1CNC1. The minimum absolute atomic E-state index is 0.0937. The number of ether oxygens (including phenoxy) is 1. The average Bonchev–Trinajstić information content (AvgIpc) is 1.73. The summed E-state index contributed by atoms with van der Waals surface area (Å²) in [5.74, 6) is -0.0937. The van der Waals surface area contributed by atoms with Gasteiger partial charge in [-0.2, -0.15) is 0 Å². The molecule has 3 N–H and O–H groups in total. The molecule has 0 saturated carbocycles. The van der Waals surface area contributed by atoms with E-state index in [1.54, 1.807) is 0 Å². The number of hydrogen-bond donors (Lipinski definition) is 2. The van der Waals surface area contributed by atoms with Gasteiger partial charge in [0.1, 0.15) is 0 Å². The van der Waals surface area contributed by atoms with Crippen LogP contribution < -0.4 is 10.5 Å². The second-order valence-electron chi connectivity index (χ2n) is 2.52. The Morgan fingerprint density at radius 1 is 1.55 bits per heavy atom. The van der Waals surface area contributed by atoms with Crippen LogP contribution in [0.5, 0.6) is 0 Å². The Morgan fingerprint density at radius 2 is 2.18 bits per heavy atom. The first-order valence-corrected chi connectivity index (χ1v) is 5.12. The van der Waals surface area contributed by atoms with Crippen molar-refractivity contribution in [1.82, 2.24) is 5.32 Å². The first kappa shape index (κ1) is 8.92. The second-order valence-corrected chi connectivity index (χ2v) is 4.25. The molecule has 6 heteroatoms. The van der Waals surface area contributed by atoms with Crippen molar-refractivity contribution >= 4 is 10.0 Å². The highest BCUT2D eigenvalue weighted by atomic mass is 32.2. The zero-order valence-corrected chi connectivity index (χ0v) is 6.93. The standard InChI is InChI=1S/C5H12N2O3S/c6-11(8,9)2-1-10-5-3-7-4-5/h5,7H,1-4H2,(H2,6,8,9). The van der Waals surface area contributed by atoms with Crippen molar-refractivity contribution < 1.29 is 13.2 Å². The molecule has 1 fully saturated rings. The molecule has 0 aromatic rings. The number of nitrogens with one attached hydrogen (secondary N) is 1. The molecule has 0 radical (unpaired) electrons. The highest BCUT2D eigenvalue weighted by Gasteiger charge is 2.17. The van der Waals surface area contributed by atoms with Gasteiger partial charge in [0, 0.05) is 13.1 Å². The van der Waals surface area contributed by atoms with Gasteiger partial charge < -0.3 is 10.1 Å². The minimum atomic E-state index is -3.35. The summed E-state index contributed by atoms with van der Waals surface area (Å²) in [6.45, 7) is 1.82. The van der Waals surface area contributed by atoms with Crippen LogP contribution in [0.25, 0.3) is 0 Å². The summed E-state index contributed by atoms with van der Waals surface area (Å²) >= 11 is 0. The third-order valence-corrected chi connectivity index (χ3v) is 2.20. The molecule has 0 spiro atoms. The van der Waals surface area contributed by atoms with E-state index in [1.165, 1.54) is 0 Å². The van der Waals surface area contributed by atoms with E-state index in [-0.39, 0.29) is 18.5 Å². The summed E-state index contributed by atoms with van der Waals surface area (Å²) in [5, 5.41) is 7.76. The van der Waals surface area contributed by atoms with Crippen LogP contribution in [0.4, 0.5) is 0 Å². The number of primary sulfonamides is 1. The molecule has 66 valence electrons. The maximum atomic E-state index is 10.4. The van der Waals surface area contributed by atoms with Crippen molar-refractivity contribution in [3.63, 3.8) is 0 Å². The first-order chi connectivity index (χ1) is 5.08. The van der Waals surface area contributed by atoms with Gasteiger partial charge in [0.25, 0.3) is 0 Å². The van der Waals surface area contributed by atoms with Crippen molar-refractivity contribution in [3.8, 4) is 0 Å². The number of hydrogen-bond acceptors (Lipinski definition) is 4. The summed E-state index contributed by atoms with van der Waals surface area (Å²) in [6, 6.07) is 0. The lowest BCUT2D eigenvalue weighted by molar-refractivity contribution is 0.0281. The number of nitrogens with two attached hydrogens (primary N) is 1. The maximum Gasteiger partial charge on any atom is 0.211 e. The fourth-order valence-electron chi connectivity index (χ4n) is 0.711. The van der Waals surface area contributed by atoms with Gasteiger partial charge in [0.05, 0.1) is 18.5 Å². The Hall–Kier alpha value is -0.170. The van der Waals surface area contributed by atoms with Crippen molar-refractivity contribution in [2.75, 3.05) is 25.4 Å². The summed E-state index contributed by atoms with van der Waals surface area (Å²) in [6.07, 6.45) is 0.178. The van der Waals surface area contributed by atoms with Crippen LogP contribution in [0.1, 0.15) is 0 Å². The lowest BCUT2D eigenvalue weighted by atomic mass is 10.2. The minimum Gasteiger partial charge on any atom is -0.374 e. The van der Waals surface area contributed by atoms with Crippen LogP contribution in [0.3, 0.4) is 0 Å². The summed E-state index contributed by atoms with van der Waals surface area (Å²) in [4.78, 5) is 0. The molecular weight excluding hydrogens is 168 g/mol. The quantitative estimate of drug-likeness (QED) is 0.538. The number of rotatable bonds is 4. The fourth-order valence-corrected chi connectivity index (χ4v) is 1.04. The van der Waals surface area contributed by atoms with E-state index in [4.69, 9.17) is 9.88 Å². The summed E-state index contributed by atoms with van der Waals surface area (Å²) < 4.78 is 25.9. The van der Waals surface area contributed by atoms with Gasteiger partial charge in [-0.1, -0.05) is 0 Å². The third-order valence-electron chi connectivity index (χ3n) is 1.47. The maximum absolute atomic E-state index is 10.4. The van der Waals surface area contributed by atoms with Crippen LogP contribution in [0.2, 0.25) is 0 Å². The highest BCUT2D eigenvalue weighted by molar-refractivity contribution is 7.89. The fraction of sp³-hybridized carbons (Fsp3) is 1.00. The Bertz CT molecular complexity index is 210. The largest absolute Gasteiger partial charge is 0.374 e. The molecule has 1 aliphatic heterocycles. The molecule has 1 saturated heterocycles. The smallest absolute Gasteiger partial charge is 0.211 e. The topological polar surface area (TPSA) is 81.4 Å². The van der Waals surface area contributed by atoms with Gasteiger partial charge in [-0.05, 0) is 0 Å². The molecule has 1 rings (SSSR count). The monoisotopic (exact) mass is 180 g/mol. The van der Waals surface area contributed by atoms with Gasteiger partial charge in [0.2, 0.25) is 10.0 Å². The average molecular weight is 180 g/mol. The summed E-state index contributed by atoms with van der Waals surface area (Å²) in [5.41, 5.74) is 0. The molecule has 1 aliphatic rings. The Labute approximate surface area is 66.0 Å². The zero-order valence-electron chi connectivity index (χ0n) is 6.12. The van der Waals surface area contributed by atoms with E-state index in [0.717, 1.165) is 13.1 Å². The molecule has 11 heavy (non-hydrogen) atoms. The molecule has 0 atom stereocenters. The van der Waals surface area contributed by atoms with Crippen molar-refractivity contribution in [3.05, 3.63) is 0 Å². The normalized spacial score (nSPS) is 19.7. The van der Waals surface area contributed by atoms with Gasteiger partial charge >= 0.3 is 0 Å². The summed E-state index contributed by atoms with van der Waals surface area (Å²) in [7, 11) is -3.35. The number of sulfonamides is 1. The van der Waals surface area contributed by atoms with Crippen LogP contribution in [-0.4, -0.2) is 40.0 Å². The van der Waals surface area contributed by atoms with Crippen LogP contribution >= 0.6 is 0 Å². The van der Waals surface area contributed by atoms with Gasteiger partial charge in [-0.3, -0.25) is 0 Å². The van der Waals surface area contributed by atoms with E-state index < -0.39 is 10.0 Å². The van der Waals surface area contributed by atoms with Crippen molar-refractivity contribution in [1.29, 1.82) is 0 Å². The molecule has 0 aromatic heterocycles. The van der Waals surface area contributed by atoms with E-state index in [9.17, 15) is 8.42 Å². The van der Waals surface area contributed by atoms with Crippen LogP contribution in [0.15, 0.2) is 0 Å². The van der Waals surface area contributed by atoms with E-state index in [2.05, 4.69) is 5.32 Å². The van der Waals surface area contributed by atoms with Gasteiger partial charge in [-0.15, -0.1) is 0 Å². The molecular formula is C5H12N2O3S. The lowest BCUT2D eigenvalue weighted by Crippen LogP contribution is -2.49. The molecule has 0 unspecified atom stereocenters. The molecule has 1 heterocycles. The lowest BCUT2D eigenvalue weighted by Gasteiger charge is -2.26. The Balaban J connectivity index is 2.04. The third kappa shape index (κ3) is 3.66. The zero-order chi connectivity index (χ0) is 8.32. The van der Waals surface area contributed by atoms with Crippen LogP contribution in [-0.2, 0) is 14.8 Å². The van der Waals surface area contributed by atoms with Crippen molar-refractivity contribution in [2.45, 2.75) is 6.10 Å². The highest BCUT2D eigenvalue weighted by Crippen LogP contribution is 1.97. The van der Waals surface area contributed by atoms with Crippen molar-refractivity contribution in [2.24, 2.45) is 5.14 Å². The predicted molar refractivity (Wildman–Crippen MR) is 40.6 cm³/mol. The van der Waals surface area contributed by atoms with E-state index >= 15 is 0 Å². The first-order valence-electron chi connectivity index (χ1n) is 3.41. The molecule has 0 aliphatic carbocycles. The Kier molecular flexibility index (Phi) is 2.83. The molecule has 0 amide bonds. The van der Waals surface area contributed by atoms with Gasteiger partial charge in [-0.25, -0.2) is 13.6 Å². The second kappa shape index (κ2) is 3.48. The molecule has 0 aromatic carbocycles. The predicted octanol–water partition coefficient (Wildman–Crippen LogP) is -1.74. The van der Waals surface area contributed by atoms with E-state index in [1.807, 2.05) is 0 Å². The molecule has 0 bridgehead atoms. The van der Waals surface area contributed by atoms with E-state index in [0.29, 0.717) is 0 Å². The Morgan fingerprint density at radius 3 is 2.55 bits per heavy atom. The van der Waals surface area contributed by atoms with Crippen LogP contribution in [0, 0.1) is 0 Å².